The van der Waals surface area contributed by atoms with E-state index >= 15 is 0 Å². The number of rotatable bonds is 4. The average molecular weight is 864 g/mol. The third kappa shape index (κ3) is 6.44. The number of nitrogens with two attached hydrogens (primary N) is 4. The van der Waals surface area contributed by atoms with Crippen molar-refractivity contribution in [3.8, 4) is 24.7 Å². The van der Waals surface area contributed by atoms with Gasteiger partial charge in [-0.25, -0.2) is 9.97 Å². The molecule has 0 amide bonds. The Bertz CT molecular complexity index is 1670. The summed E-state index contributed by atoms with van der Waals surface area (Å²) in [5.41, 5.74) is 22.8. The van der Waals surface area contributed by atoms with Crippen LogP contribution in [0, 0.1) is 80.6 Å². The zero-order valence-electron chi connectivity index (χ0n) is 26.8. The normalized spacial score (nSPS) is 29.6. The van der Waals surface area contributed by atoms with E-state index in [2.05, 4.69) is 41.7 Å². The molecule has 11 N–H and O–H groups in total. The topological polar surface area (TPSA) is 270 Å². The van der Waals surface area contributed by atoms with Gasteiger partial charge in [0.05, 0.1) is 12.7 Å². The predicted molar refractivity (Wildman–Crippen MR) is 171 cm³/mol. The molecule has 0 aromatic carbocycles. The fourth-order valence-corrected chi connectivity index (χ4v) is 5.90. The van der Waals surface area contributed by atoms with Gasteiger partial charge in [-0.05, 0) is 12.8 Å². The molecule has 0 aliphatic carbocycles. The monoisotopic (exact) mass is 863 g/mol. The molecule has 4 aromatic heterocycles. The molecule has 2 saturated heterocycles. The summed E-state index contributed by atoms with van der Waals surface area (Å²) in [5.74, 6) is 5.30. The van der Waals surface area contributed by atoms with E-state index < -0.39 is 35.9 Å². The van der Waals surface area contributed by atoms with Crippen LogP contribution in [0.3, 0.4) is 0 Å². The van der Waals surface area contributed by atoms with Crippen LogP contribution in [0.25, 0.3) is 22.3 Å². The minimum absolute atomic E-state index is 0. The predicted octanol–water partition coefficient (Wildman–Crippen LogP) is 0.206. The van der Waals surface area contributed by atoms with Crippen molar-refractivity contribution in [2.75, 3.05) is 30.0 Å². The van der Waals surface area contributed by atoms with Crippen molar-refractivity contribution in [1.82, 2.24) is 39.0 Å². The molecule has 2 aliphatic heterocycles. The minimum atomic E-state index is -0.829. The van der Waals surface area contributed by atoms with Gasteiger partial charge in [-0.3, -0.25) is 9.13 Å². The molecular weight excluding hydrogens is 823 g/mol. The van der Waals surface area contributed by atoms with Crippen LogP contribution in [0.1, 0.15) is 53.0 Å². The molecule has 47 heavy (non-hydrogen) atoms. The Kier molecular flexibility index (Phi) is 12.0. The molecule has 1 radical (unpaired) electrons. The summed E-state index contributed by atoms with van der Waals surface area (Å²) in [5, 5.41) is 28.1. The van der Waals surface area contributed by atoms with Crippen molar-refractivity contribution in [2.24, 2.45) is 11.8 Å². The SMILES string of the molecule is C#C[C@]1(CC)O[C@@H](n2cnc3c(N)nc(N)nc32)C(O)C1C.C#C[C@]1(CC)O[C@@H](n2cnc3c(N)nc(N)nc32)C(O)C1C.CO.[Ac]. The minimum Gasteiger partial charge on any atom is -0.400 e. The van der Waals surface area contributed by atoms with Crippen LogP contribution in [0.4, 0.5) is 23.5 Å². The third-order valence-electron chi connectivity index (χ3n) is 8.76. The zero-order valence-corrected chi connectivity index (χ0v) is 31.6. The number of nitrogen functional groups attached to an aromatic ring is 4. The molecule has 6 heterocycles. The Balaban J connectivity index is 0.000000238. The molecular formula is C29H40AcN12O5. The van der Waals surface area contributed by atoms with Crippen LogP contribution in [-0.2, 0) is 9.47 Å². The molecule has 249 valence electrons. The van der Waals surface area contributed by atoms with Gasteiger partial charge in [0.1, 0.15) is 34.4 Å². The second-order valence-corrected chi connectivity index (χ2v) is 10.9. The van der Waals surface area contributed by atoms with Crippen LogP contribution < -0.4 is 22.9 Å². The summed E-state index contributed by atoms with van der Waals surface area (Å²) < 4.78 is 15.2. The largest absolute Gasteiger partial charge is 0.400 e. The number of aromatic nitrogens is 8. The Morgan fingerprint density at radius 3 is 1.36 bits per heavy atom. The summed E-state index contributed by atoms with van der Waals surface area (Å²) in [6, 6.07) is 0. The van der Waals surface area contributed by atoms with Crippen LogP contribution in [0.5, 0.6) is 0 Å². The molecule has 6 rings (SSSR count). The summed E-state index contributed by atoms with van der Waals surface area (Å²) in [7, 11) is 1.00. The van der Waals surface area contributed by atoms with Gasteiger partial charge in [0.15, 0.2) is 35.4 Å². The van der Waals surface area contributed by atoms with E-state index in [1.54, 1.807) is 9.13 Å². The molecule has 18 heteroatoms. The quantitative estimate of drug-likeness (QED) is 0.135. The molecule has 4 unspecified atom stereocenters. The number of nitrogens with zero attached hydrogens (tertiary/aromatic N) is 8. The van der Waals surface area contributed by atoms with Crippen molar-refractivity contribution in [1.29, 1.82) is 0 Å². The van der Waals surface area contributed by atoms with Gasteiger partial charge in [-0.15, -0.1) is 12.8 Å². The van der Waals surface area contributed by atoms with Gasteiger partial charge in [0.25, 0.3) is 0 Å². The van der Waals surface area contributed by atoms with E-state index in [-0.39, 0.29) is 79.4 Å². The zero-order chi connectivity index (χ0) is 34.1. The maximum atomic E-state index is 10.6. The third-order valence-corrected chi connectivity index (χ3v) is 8.76. The Morgan fingerprint density at radius 1 is 0.745 bits per heavy atom. The van der Waals surface area contributed by atoms with Gasteiger partial charge in [0, 0.05) is 63.0 Å². The number of imidazole rings is 2. The molecule has 17 nitrogen and oxygen atoms in total. The summed E-state index contributed by atoms with van der Waals surface area (Å²) in [6.45, 7) is 7.58. The molecule has 0 spiro atoms. The maximum absolute atomic E-state index is 10.6. The summed E-state index contributed by atoms with van der Waals surface area (Å²) in [6.07, 6.45) is 12.4. The van der Waals surface area contributed by atoms with Crippen molar-refractivity contribution in [3.05, 3.63) is 12.7 Å². The number of aliphatic hydroxyl groups excluding tert-OH is 3. The van der Waals surface area contributed by atoms with Crippen LogP contribution >= 0.6 is 0 Å². The first-order valence-electron chi connectivity index (χ1n) is 14.5. The average Bonchev–Trinajstić information content (AvgIpc) is 3.79. The van der Waals surface area contributed by atoms with E-state index in [9.17, 15) is 10.2 Å². The van der Waals surface area contributed by atoms with E-state index in [0.717, 1.165) is 7.11 Å². The van der Waals surface area contributed by atoms with Gasteiger partial charge in [-0.2, -0.15) is 19.9 Å². The summed E-state index contributed by atoms with van der Waals surface area (Å²) >= 11 is 0. The van der Waals surface area contributed by atoms with Crippen LogP contribution in [-0.4, -0.2) is 84.9 Å². The molecule has 8 atom stereocenters. The number of ether oxygens (including phenoxy) is 2. The van der Waals surface area contributed by atoms with Crippen molar-refractivity contribution < 1.29 is 68.9 Å². The fraction of sp³-hybridized carbons (Fsp3) is 0.517. The first-order chi connectivity index (χ1) is 21.9. The molecule has 2 fully saturated rings. The van der Waals surface area contributed by atoms with Crippen LogP contribution in [0.15, 0.2) is 12.7 Å². The Hall–Kier alpha value is -3.34. The second kappa shape index (κ2) is 14.8. The standard InChI is InChI=1S/2C14H18N6O2.CH4O.Ac/c2*1-4-14(5-2)7(3)9(21)12(22-14)20-6-17-8-10(15)18-13(16)19-11(8)20;1-2;/h2*1,6-7,9,12,21H,5H2,2-3H3,(H4,15,16,18,19);2H,1H3;/t2*7?,9?,12-,14-;;/m11../s1. The fourth-order valence-electron chi connectivity index (χ4n) is 5.90. The number of fused-ring (bicyclic) bond motifs is 2. The number of terminal acetylenes is 2. The van der Waals surface area contributed by atoms with E-state index in [4.69, 9.17) is 50.4 Å². The number of hydrogen-bond donors (Lipinski definition) is 7. The van der Waals surface area contributed by atoms with Crippen LogP contribution in [0.2, 0.25) is 0 Å². The summed E-state index contributed by atoms with van der Waals surface area (Å²) in [4.78, 5) is 24.4. The van der Waals surface area contributed by atoms with Gasteiger partial charge >= 0.3 is 0 Å². The Labute approximate surface area is 307 Å². The second-order valence-electron chi connectivity index (χ2n) is 10.9. The maximum Gasteiger partial charge on any atom is 0.224 e. The molecule has 0 bridgehead atoms. The van der Waals surface area contributed by atoms with E-state index in [1.807, 2.05) is 27.7 Å². The van der Waals surface area contributed by atoms with E-state index in [0.29, 0.717) is 35.2 Å². The van der Waals surface area contributed by atoms with Gasteiger partial charge in [0.2, 0.25) is 11.9 Å². The van der Waals surface area contributed by atoms with E-state index in [1.165, 1.54) is 12.7 Å². The smallest absolute Gasteiger partial charge is 0.224 e. The molecule has 0 saturated carbocycles. The first kappa shape index (κ1) is 38.1. The number of anilines is 4. The molecule has 2 aliphatic rings. The number of aliphatic hydroxyl groups is 3. The Morgan fingerprint density at radius 2 is 1.09 bits per heavy atom. The van der Waals surface area contributed by atoms with Crippen molar-refractivity contribution >= 4 is 45.9 Å². The van der Waals surface area contributed by atoms with Gasteiger partial charge < -0.3 is 47.7 Å². The van der Waals surface area contributed by atoms with Crippen molar-refractivity contribution in [3.63, 3.8) is 0 Å². The number of hydrogen-bond acceptors (Lipinski definition) is 15. The first-order valence-corrected chi connectivity index (χ1v) is 14.5. The molecule has 4 aromatic rings. The van der Waals surface area contributed by atoms with Crippen molar-refractivity contribution in [2.45, 2.75) is 76.4 Å². The van der Waals surface area contributed by atoms with Gasteiger partial charge in [-0.1, -0.05) is 39.5 Å².